The highest BCUT2D eigenvalue weighted by molar-refractivity contribution is 8.00. The first-order valence-corrected chi connectivity index (χ1v) is 15.1. The number of benzene rings is 4. The van der Waals surface area contributed by atoms with E-state index in [1.807, 2.05) is 56.3 Å². The number of anilines is 2. The SMILES string of the molecule is CCOc1ccccc1/C=C(/NC(=O)c1ccccc1)C(=O)Nc1cccc(SC(CC)C(=O)Nc2ccccc2OC)c1. The summed E-state index contributed by atoms with van der Waals surface area (Å²) in [6, 6.07) is 30.4. The minimum atomic E-state index is -0.510. The van der Waals surface area contributed by atoms with Gasteiger partial charge < -0.3 is 25.4 Å². The molecule has 1 atom stereocenters. The van der Waals surface area contributed by atoms with Crippen LogP contribution < -0.4 is 25.4 Å². The summed E-state index contributed by atoms with van der Waals surface area (Å²) >= 11 is 1.39. The smallest absolute Gasteiger partial charge is 0.272 e. The minimum absolute atomic E-state index is 0.0479. The third kappa shape index (κ3) is 8.75. The zero-order chi connectivity index (χ0) is 31.3. The summed E-state index contributed by atoms with van der Waals surface area (Å²) in [6.45, 7) is 4.27. The minimum Gasteiger partial charge on any atom is -0.495 e. The van der Waals surface area contributed by atoms with E-state index in [4.69, 9.17) is 9.47 Å². The van der Waals surface area contributed by atoms with Crippen molar-refractivity contribution in [3.63, 3.8) is 0 Å². The van der Waals surface area contributed by atoms with Crippen LogP contribution in [0.3, 0.4) is 0 Å². The standard InChI is InChI=1S/C35H35N3O5S/c1-4-32(35(41)37-28-19-10-12-21-31(28)42-3)44-27-18-13-17-26(23-27)36-34(40)29(38-33(39)24-14-7-6-8-15-24)22-25-16-9-11-20-30(25)43-5-2/h6-23,32H,4-5H2,1-3H3,(H,36,40)(H,37,41)(H,38,39)/b29-22+. The number of carbonyl (C=O) groups is 3. The number of ether oxygens (including phenoxy) is 2. The molecular formula is C35H35N3O5S. The maximum atomic E-state index is 13.6. The Balaban J connectivity index is 1.53. The van der Waals surface area contributed by atoms with E-state index in [0.29, 0.717) is 47.0 Å². The van der Waals surface area contributed by atoms with Crippen molar-refractivity contribution < 1.29 is 23.9 Å². The van der Waals surface area contributed by atoms with E-state index in [1.54, 1.807) is 73.8 Å². The van der Waals surface area contributed by atoms with E-state index >= 15 is 0 Å². The number of nitrogens with one attached hydrogen (secondary N) is 3. The monoisotopic (exact) mass is 609 g/mol. The summed E-state index contributed by atoms with van der Waals surface area (Å²) in [6.07, 6.45) is 2.18. The zero-order valence-electron chi connectivity index (χ0n) is 24.8. The van der Waals surface area contributed by atoms with Gasteiger partial charge in [0.05, 0.1) is 24.7 Å². The molecule has 0 radical (unpaired) electrons. The fourth-order valence-electron chi connectivity index (χ4n) is 4.28. The molecule has 4 rings (SSSR count). The van der Waals surface area contributed by atoms with Gasteiger partial charge in [0.15, 0.2) is 0 Å². The predicted octanol–water partition coefficient (Wildman–Crippen LogP) is 7.01. The molecule has 1 unspecified atom stereocenters. The van der Waals surface area contributed by atoms with Gasteiger partial charge in [-0.05, 0) is 68.0 Å². The van der Waals surface area contributed by atoms with Crippen LogP contribution in [0.1, 0.15) is 36.2 Å². The van der Waals surface area contributed by atoms with E-state index in [9.17, 15) is 14.4 Å². The molecule has 0 spiro atoms. The molecule has 0 bridgehead atoms. The molecule has 4 aromatic rings. The average Bonchev–Trinajstić information content (AvgIpc) is 3.05. The predicted molar refractivity (Wildman–Crippen MR) is 176 cm³/mol. The number of thioether (sulfide) groups is 1. The van der Waals surface area contributed by atoms with Gasteiger partial charge in [-0.3, -0.25) is 14.4 Å². The van der Waals surface area contributed by atoms with Gasteiger partial charge in [-0.15, -0.1) is 11.8 Å². The Morgan fingerprint density at radius 1 is 0.818 bits per heavy atom. The van der Waals surface area contributed by atoms with Crippen LogP contribution in [0.5, 0.6) is 11.5 Å². The number of rotatable bonds is 13. The van der Waals surface area contributed by atoms with Crippen molar-refractivity contribution in [3.8, 4) is 11.5 Å². The number of amides is 3. The lowest BCUT2D eigenvalue weighted by Crippen LogP contribution is -2.30. The van der Waals surface area contributed by atoms with Crippen LogP contribution in [0, 0.1) is 0 Å². The van der Waals surface area contributed by atoms with E-state index in [0.717, 1.165) is 4.90 Å². The number of para-hydroxylation sites is 3. The third-order valence-electron chi connectivity index (χ3n) is 6.45. The molecule has 8 nitrogen and oxygen atoms in total. The molecule has 0 saturated carbocycles. The maximum absolute atomic E-state index is 13.6. The molecule has 0 aliphatic carbocycles. The van der Waals surface area contributed by atoms with Crippen LogP contribution in [-0.2, 0) is 9.59 Å². The Labute approximate surface area is 261 Å². The maximum Gasteiger partial charge on any atom is 0.272 e. The lowest BCUT2D eigenvalue weighted by Gasteiger charge is -2.17. The first-order valence-electron chi connectivity index (χ1n) is 14.2. The molecule has 3 N–H and O–H groups in total. The van der Waals surface area contributed by atoms with Gasteiger partial charge in [-0.1, -0.05) is 61.5 Å². The second kappa shape index (κ2) is 16.0. The fourth-order valence-corrected chi connectivity index (χ4v) is 5.29. The van der Waals surface area contributed by atoms with Crippen LogP contribution in [0.15, 0.2) is 114 Å². The third-order valence-corrected chi connectivity index (χ3v) is 7.80. The van der Waals surface area contributed by atoms with Gasteiger partial charge >= 0.3 is 0 Å². The highest BCUT2D eigenvalue weighted by Crippen LogP contribution is 2.30. The summed E-state index contributed by atoms with van der Waals surface area (Å²) in [5.41, 5.74) is 2.22. The molecular weight excluding hydrogens is 574 g/mol. The Morgan fingerprint density at radius 3 is 2.25 bits per heavy atom. The lowest BCUT2D eigenvalue weighted by atomic mass is 10.1. The molecule has 3 amide bonds. The van der Waals surface area contributed by atoms with E-state index in [1.165, 1.54) is 11.8 Å². The first kappa shape index (κ1) is 31.9. The van der Waals surface area contributed by atoms with Crippen molar-refractivity contribution >= 4 is 46.9 Å². The lowest BCUT2D eigenvalue weighted by molar-refractivity contribution is -0.116. The highest BCUT2D eigenvalue weighted by atomic mass is 32.2. The molecule has 0 heterocycles. The zero-order valence-corrected chi connectivity index (χ0v) is 25.6. The Morgan fingerprint density at radius 2 is 1.52 bits per heavy atom. The van der Waals surface area contributed by atoms with E-state index in [2.05, 4.69) is 16.0 Å². The Hall–Kier alpha value is -5.02. The molecule has 4 aromatic carbocycles. The van der Waals surface area contributed by atoms with Gasteiger partial charge in [-0.2, -0.15) is 0 Å². The molecule has 44 heavy (non-hydrogen) atoms. The summed E-state index contributed by atoms with van der Waals surface area (Å²) in [5.74, 6) is 0.0844. The molecule has 0 aliphatic heterocycles. The average molecular weight is 610 g/mol. The van der Waals surface area contributed by atoms with Crippen molar-refractivity contribution in [2.45, 2.75) is 30.4 Å². The summed E-state index contributed by atoms with van der Waals surface area (Å²) in [7, 11) is 1.56. The fraction of sp³-hybridized carbons (Fsp3) is 0.171. The summed E-state index contributed by atoms with van der Waals surface area (Å²) in [5, 5.41) is 8.22. The van der Waals surface area contributed by atoms with Crippen molar-refractivity contribution in [1.29, 1.82) is 0 Å². The highest BCUT2D eigenvalue weighted by Gasteiger charge is 2.20. The van der Waals surface area contributed by atoms with Gasteiger partial charge in [0.2, 0.25) is 5.91 Å². The first-order chi connectivity index (χ1) is 21.4. The summed E-state index contributed by atoms with van der Waals surface area (Å²) in [4.78, 5) is 40.6. The van der Waals surface area contributed by atoms with Gasteiger partial charge in [0.1, 0.15) is 17.2 Å². The molecule has 0 saturated heterocycles. The Bertz CT molecular complexity index is 1620. The topological polar surface area (TPSA) is 106 Å². The second-order valence-electron chi connectivity index (χ2n) is 9.54. The van der Waals surface area contributed by atoms with Crippen LogP contribution in [-0.4, -0.2) is 36.7 Å². The van der Waals surface area contributed by atoms with E-state index < -0.39 is 11.8 Å². The molecule has 9 heteroatoms. The molecule has 0 fully saturated rings. The van der Waals surface area contributed by atoms with Crippen molar-refractivity contribution in [2.75, 3.05) is 24.4 Å². The Kier molecular flexibility index (Phi) is 11.6. The van der Waals surface area contributed by atoms with Crippen LogP contribution in [0.4, 0.5) is 11.4 Å². The quantitative estimate of drug-likeness (QED) is 0.111. The van der Waals surface area contributed by atoms with Gasteiger partial charge in [0.25, 0.3) is 11.8 Å². The van der Waals surface area contributed by atoms with E-state index in [-0.39, 0.29) is 16.9 Å². The normalized spacial score (nSPS) is 11.7. The van der Waals surface area contributed by atoms with Crippen molar-refractivity contribution in [1.82, 2.24) is 5.32 Å². The summed E-state index contributed by atoms with van der Waals surface area (Å²) < 4.78 is 11.1. The van der Waals surface area contributed by atoms with Crippen LogP contribution in [0.25, 0.3) is 6.08 Å². The van der Waals surface area contributed by atoms with Crippen LogP contribution >= 0.6 is 11.8 Å². The largest absolute Gasteiger partial charge is 0.495 e. The molecule has 0 aliphatic rings. The number of hydrogen-bond donors (Lipinski definition) is 3. The van der Waals surface area contributed by atoms with Crippen molar-refractivity contribution in [3.05, 3.63) is 120 Å². The number of methoxy groups -OCH3 is 1. The molecule has 0 aromatic heterocycles. The van der Waals surface area contributed by atoms with Gasteiger partial charge in [0, 0.05) is 21.7 Å². The van der Waals surface area contributed by atoms with Crippen LogP contribution in [0.2, 0.25) is 0 Å². The van der Waals surface area contributed by atoms with Crippen molar-refractivity contribution in [2.24, 2.45) is 0 Å². The molecule has 226 valence electrons. The second-order valence-corrected chi connectivity index (χ2v) is 10.8. The number of carbonyl (C=O) groups excluding carboxylic acids is 3. The number of hydrogen-bond acceptors (Lipinski definition) is 6. The van der Waals surface area contributed by atoms with Gasteiger partial charge in [-0.25, -0.2) is 0 Å².